The second-order valence-electron chi connectivity index (χ2n) is 5.91. The number of rotatable bonds is 6. The smallest absolute Gasteiger partial charge is 0.266 e. The average molecular weight is 403 g/mol. The number of fused-ring (bicyclic) bond motifs is 1. The van der Waals surface area contributed by atoms with Crippen LogP contribution in [0.4, 0.5) is 0 Å². The molecule has 0 fully saturated rings. The molecule has 0 saturated carbocycles. The molecule has 0 aliphatic heterocycles. The van der Waals surface area contributed by atoms with Crippen LogP contribution in [-0.2, 0) is 4.74 Å². The van der Waals surface area contributed by atoms with Gasteiger partial charge in [0.1, 0.15) is 6.04 Å². The van der Waals surface area contributed by atoms with E-state index in [1.165, 1.54) is 0 Å². The number of para-hydroxylation sites is 1. The highest BCUT2D eigenvalue weighted by molar-refractivity contribution is 9.10. The van der Waals surface area contributed by atoms with Gasteiger partial charge in [-0.1, -0.05) is 28.1 Å². The summed E-state index contributed by atoms with van der Waals surface area (Å²) in [6, 6.07) is 15.2. The van der Waals surface area contributed by atoms with Gasteiger partial charge in [-0.2, -0.15) is 0 Å². The molecule has 25 heavy (non-hydrogen) atoms. The van der Waals surface area contributed by atoms with Crippen molar-refractivity contribution in [2.75, 3.05) is 20.3 Å². The molecule has 1 atom stereocenters. The molecule has 0 amide bonds. The van der Waals surface area contributed by atoms with E-state index in [2.05, 4.69) is 28.2 Å². The number of quaternary nitrogens is 1. The van der Waals surface area contributed by atoms with E-state index < -0.39 is 0 Å². The number of aromatic nitrogens is 2. The molecule has 6 heteroatoms. The third-order valence-corrected chi connectivity index (χ3v) is 4.66. The number of methoxy groups -OCH3 is 1. The maximum Gasteiger partial charge on any atom is 0.266 e. The summed E-state index contributed by atoms with van der Waals surface area (Å²) >= 11 is 3.44. The highest BCUT2D eigenvalue weighted by atomic mass is 79.9. The molecule has 0 bridgehead atoms. The Morgan fingerprint density at radius 3 is 2.64 bits per heavy atom. The first kappa shape index (κ1) is 17.8. The number of ether oxygens (including phenoxy) is 1. The number of halogens is 1. The van der Waals surface area contributed by atoms with Crippen LogP contribution >= 0.6 is 15.9 Å². The average Bonchev–Trinajstić information content (AvgIpc) is 2.63. The summed E-state index contributed by atoms with van der Waals surface area (Å²) < 4.78 is 7.81. The molecule has 0 aliphatic carbocycles. The fourth-order valence-electron chi connectivity index (χ4n) is 2.84. The fourth-order valence-corrected chi connectivity index (χ4v) is 3.10. The summed E-state index contributed by atoms with van der Waals surface area (Å²) in [6.07, 6.45) is 0. The molecule has 0 saturated heterocycles. The van der Waals surface area contributed by atoms with Gasteiger partial charge in [0, 0.05) is 11.6 Å². The van der Waals surface area contributed by atoms with Gasteiger partial charge in [0.05, 0.1) is 29.7 Å². The molecule has 0 aliphatic rings. The van der Waals surface area contributed by atoms with Gasteiger partial charge >= 0.3 is 0 Å². The fraction of sp³-hybridized carbons (Fsp3) is 0.263. The third-order valence-electron chi connectivity index (χ3n) is 4.14. The molecule has 3 rings (SSSR count). The molecule has 0 radical (unpaired) electrons. The van der Waals surface area contributed by atoms with Crippen LogP contribution in [0.5, 0.6) is 0 Å². The van der Waals surface area contributed by atoms with Crippen molar-refractivity contribution in [1.82, 2.24) is 9.55 Å². The lowest BCUT2D eigenvalue weighted by atomic mass is 10.2. The predicted molar refractivity (Wildman–Crippen MR) is 102 cm³/mol. The van der Waals surface area contributed by atoms with Crippen LogP contribution in [0.15, 0.2) is 57.8 Å². The lowest BCUT2D eigenvalue weighted by Gasteiger charge is -2.17. The van der Waals surface area contributed by atoms with Crippen molar-refractivity contribution in [1.29, 1.82) is 0 Å². The Hall–Kier alpha value is -2.02. The second-order valence-corrected chi connectivity index (χ2v) is 6.83. The number of nitrogens with two attached hydrogens (primary N) is 1. The van der Waals surface area contributed by atoms with Gasteiger partial charge < -0.3 is 10.1 Å². The number of hydrogen-bond acceptors (Lipinski definition) is 3. The van der Waals surface area contributed by atoms with Gasteiger partial charge in [0.25, 0.3) is 5.56 Å². The van der Waals surface area contributed by atoms with E-state index in [1.54, 1.807) is 11.7 Å². The summed E-state index contributed by atoms with van der Waals surface area (Å²) in [5, 5.41) is 2.76. The Labute approximate surface area is 154 Å². The first-order valence-electron chi connectivity index (χ1n) is 8.21. The van der Waals surface area contributed by atoms with Crippen molar-refractivity contribution in [3.8, 4) is 5.69 Å². The predicted octanol–water partition coefficient (Wildman–Crippen LogP) is 2.42. The van der Waals surface area contributed by atoms with Crippen LogP contribution in [-0.4, -0.2) is 29.8 Å². The van der Waals surface area contributed by atoms with Crippen molar-refractivity contribution in [2.24, 2.45) is 0 Å². The van der Waals surface area contributed by atoms with E-state index in [0.717, 1.165) is 28.0 Å². The molecular weight excluding hydrogens is 382 g/mol. The molecular formula is C19H21BrN3O2+. The first-order chi connectivity index (χ1) is 12.1. The third kappa shape index (κ3) is 3.81. The van der Waals surface area contributed by atoms with Crippen LogP contribution in [0.2, 0.25) is 0 Å². The van der Waals surface area contributed by atoms with Gasteiger partial charge in [0.2, 0.25) is 0 Å². The summed E-state index contributed by atoms with van der Waals surface area (Å²) in [6.45, 7) is 3.52. The topological polar surface area (TPSA) is 60.7 Å². The highest BCUT2D eigenvalue weighted by Gasteiger charge is 2.19. The lowest BCUT2D eigenvalue weighted by molar-refractivity contribution is -0.695. The van der Waals surface area contributed by atoms with Gasteiger partial charge in [0.15, 0.2) is 5.82 Å². The molecule has 2 N–H and O–H groups in total. The minimum absolute atomic E-state index is 0.0242. The zero-order valence-electron chi connectivity index (χ0n) is 14.3. The SMILES string of the molecule is COCC[NH2+][C@@H](C)c1nc2ccccc2c(=O)n1-c1ccc(Br)cc1. The Balaban J connectivity index is 2.17. The molecule has 0 unspecified atom stereocenters. The number of hydrogen-bond donors (Lipinski definition) is 1. The highest BCUT2D eigenvalue weighted by Crippen LogP contribution is 2.18. The molecule has 0 spiro atoms. The maximum atomic E-state index is 13.1. The van der Waals surface area contributed by atoms with E-state index in [9.17, 15) is 4.79 Å². The Morgan fingerprint density at radius 1 is 1.20 bits per heavy atom. The van der Waals surface area contributed by atoms with Gasteiger partial charge in [-0.05, 0) is 43.3 Å². The summed E-state index contributed by atoms with van der Waals surface area (Å²) in [7, 11) is 1.69. The summed E-state index contributed by atoms with van der Waals surface area (Å²) in [5.74, 6) is 0.738. The quantitative estimate of drug-likeness (QED) is 0.644. The molecule has 5 nitrogen and oxygen atoms in total. The van der Waals surface area contributed by atoms with Crippen LogP contribution in [0.25, 0.3) is 16.6 Å². The van der Waals surface area contributed by atoms with Crippen LogP contribution in [0.1, 0.15) is 18.8 Å². The molecule has 2 aromatic carbocycles. The minimum Gasteiger partial charge on any atom is -0.379 e. The summed E-state index contributed by atoms with van der Waals surface area (Å²) in [5.41, 5.74) is 1.49. The zero-order chi connectivity index (χ0) is 17.8. The van der Waals surface area contributed by atoms with Crippen molar-refractivity contribution in [2.45, 2.75) is 13.0 Å². The monoisotopic (exact) mass is 402 g/mol. The number of nitrogens with zero attached hydrogens (tertiary/aromatic N) is 2. The van der Waals surface area contributed by atoms with E-state index >= 15 is 0 Å². The Bertz CT molecular complexity index is 922. The molecule has 130 valence electrons. The minimum atomic E-state index is -0.0464. The van der Waals surface area contributed by atoms with Crippen molar-refractivity contribution < 1.29 is 10.1 Å². The Kier molecular flexibility index (Phi) is 5.63. The van der Waals surface area contributed by atoms with Gasteiger partial charge in [-0.15, -0.1) is 0 Å². The van der Waals surface area contributed by atoms with Crippen LogP contribution in [0, 0.1) is 0 Å². The van der Waals surface area contributed by atoms with Gasteiger partial charge in [-0.3, -0.25) is 9.36 Å². The second kappa shape index (κ2) is 7.91. The van der Waals surface area contributed by atoms with Crippen LogP contribution in [0.3, 0.4) is 0 Å². The van der Waals surface area contributed by atoms with E-state index in [-0.39, 0.29) is 11.6 Å². The van der Waals surface area contributed by atoms with E-state index in [4.69, 9.17) is 9.72 Å². The van der Waals surface area contributed by atoms with E-state index in [0.29, 0.717) is 12.0 Å². The van der Waals surface area contributed by atoms with Crippen molar-refractivity contribution in [3.63, 3.8) is 0 Å². The largest absolute Gasteiger partial charge is 0.379 e. The summed E-state index contributed by atoms with van der Waals surface area (Å²) in [4.78, 5) is 17.9. The Morgan fingerprint density at radius 2 is 1.92 bits per heavy atom. The normalized spacial score (nSPS) is 12.4. The number of benzene rings is 2. The van der Waals surface area contributed by atoms with Gasteiger partial charge in [-0.25, -0.2) is 4.98 Å². The van der Waals surface area contributed by atoms with Crippen molar-refractivity contribution >= 4 is 26.8 Å². The molecule has 1 heterocycles. The molecule has 1 aromatic heterocycles. The zero-order valence-corrected chi connectivity index (χ0v) is 15.9. The maximum absolute atomic E-state index is 13.1. The van der Waals surface area contributed by atoms with Crippen LogP contribution < -0.4 is 10.9 Å². The van der Waals surface area contributed by atoms with Crippen molar-refractivity contribution in [3.05, 3.63) is 69.2 Å². The van der Waals surface area contributed by atoms with E-state index in [1.807, 2.05) is 48.5 Å². The standard InChI is InChI=1S/C19H20BrN3O2/c1-13(21-11-12-25-2)18-22-17-6-4-3-5-16(17)19(24)23(18)15-9-7-14(20)8-10-15/h3-10,13,21H,11-12H2,1-2H3/p+1/t13-/m0/s1. The first-order valence-corrected chi connectivity index (χ1v) is 9.01. The lowest BCUT2D eigenvalue weighted by Crippen LogP contribution is -2.86. The molecule has 3 aromatic rings.